The highest BCUT2D eigenvalue weighted by Crippen LogP contribution is 2.37. The summed E-state index contributed by atoms with van der Waals surface area (Å²) < 4.78 is 0. The number of rotatable bonds is 8. The van der Waals surface area contributed by atoms with Gasteiger partial charge in [-0.05, 0) is 71.5 Å². The lowest BCUT2D eigenvalue weighted by Gasteiger charge is -2.18. The quantitative estimate of drug-likeness (QED) is 0.377. The van der Waals surface area contributed by atoms with E-state index in [9.17, 15) is 9.59 Å². The van der Waals surface area contributed by atoms with Gasteiger partial charge in [-0.15, -0.1) is 0 Å². The maximum atomic E-state index is 13.1. The van der Waals surface area contributed by atoms with E-state index >= 15 is 0 Å². The minimum atomic E-state index is -0.245. The predicted octanol–water partition coefficient (Wildman–Crippen LogP) is 5.08. The summed E-state index contributed by atoms with van der Waals surface area (Å²) in [6.45, 7) is 3.57. The van der Waals surface area contributed by atoms with Gasteiger partial charge in [-0.3, -0.25) is 14.6 Å². The zero-order valence-corrected chi connectivity index (χ0v) is 18.0. The van der Waals surface area contributed by atoms with Gasteiger partial charge in [0.1, 0.15) is 5.69 Å². The molecule has 0 bridgehead atoms. The van der Waals surface area contributed by atoms with E-state index in [0.29, 0.717) is 11.3 Å². The maximum Gasteiger partial charge on any atom is 0.188 e. The fourth-order valence-electron chi connectivity index (χ4n) is 4.20. The lowest BCUT2D eigenvalue weighted by atomic mass is 9.96. The third kappa shape index (κ3) is 4.45. The first kappa shape index (κ1) is 20.1. The van der Waals surface area contributed by atoms with Gasteiger partial charge in [-0.25, -0.2) is 0 Å². The van der Waals surface area contributed by atoms with Crippen LogP contribution in [0.1, 0.15) is 49.5 Å². The second-order valence-electron chi connectivity index (χ2n) is 8.51. The van der Waals surface area contributed by atoms with Crippen molar-refractivity contribution in [3.05, 3.63) is 124 Å². The van der Waals surface area contributed by atoms with E-state index < -0.39 is 0 Å². The van der Waals surface area contributed by atoms with Crippen LogP contribution in [0.3, 0.4) is 0 Å². The van der Waals surface area contributed by atoms with Crippen molar-refractivity contribution in [3.63, 3.8) is 0 Å². The van der Waals surface area contributed by atoms with Gasteiger partial charge in [-0.1, -0.05) is 42.5 Å². The van der Waals surface area contributed by atoms with Crippen LogP contribution in [-0.2, 0) is 13.0 Å². The van der Waals surface area contributed by atoms with Gasteiger partial charge in [0, 0.05) is 30.5 Å². The molecule has 0 saturated carbocycles. The number of allylic oxidation sites excluding steroid dienone is 2. The van der Waals surface area contributed by atoms with E-state index in [1.807, 2.05) is 43.3 Å². The van der Waals surface area contributed by atoms with Crippen LogP contribution in [0.2, 0.25) is 0 Å². The van der Waals surface area contributed by atoms with Gasteiger partial charge in [0.05, 0.1) is 6.42 Å². The van der Waals surface area contributed by atoms with Crippen LogP contribution < -0.4 is 0 Å². The predicted molar refractivity (Wildman–Crippen MR) is 125 cm³/mol. The van der Waals surface area contributed by atoms with E-state index in [2.05, 4.69) is 40.2 Å². The minimum Gasteiger partial charge on any atom is -0.363 e. The number of hydrogen-bond donors (Lipinski definition) is 0. The maximum absolute atomic E-state index is 13.1. The van der Waals surface area contributed by atoms with Crippen molar-refractivity contribution in [1.82, 2.24) is 9.88 Å². The first-order valence-electron chi connectivity index (χ1n) is 10.9. The summed E-state index contributed by atoms with van der Waals surface area (Å²) in [6, 6.07) is 19.8. The molecule has 0 amide bonds. The van der Waals surface area contributed by atoms with Crippen LogP contribution in [-0.4, -0.2) is 28.0 Å². The summed E-state index contributed by atoms with van der Waals surface area (Å²) >= 11 is 0. The fourth-order valence-corrected chi connectivity index (χ4v) is 4.20. The Morgan fingerprint density at radius 2 is 1.75 bits per heavy atom. The third-order valence-electron chi connectivity index (χ3n) is 5.90. The van der Waals surface area contributed by atoms with Gasteiger partial charge in [0.25, 0.3) is 0 Å². The van der Waals surface area contributed by atoms with Crippen molar-refractivity contribution in [3.8, 4) is 0 Å². The molecule has 2 aromatic carbocycles. The standard InChI is InChI=1S/C28H24N2O2/c1-19-7-9-29-25(11-19)28(32)17-27(31)24-14-21(12-20-5-3-2-4-6-20)13-22(15-24)18-30-10-8-23-16-26(23)30/h2-9,11,13-16H,10,12,17-18H2,1H3. The average Bonchev–Trinajstić information content (AvgIpc) is 3.47. The first-order chi connectivity index (χ1) is 15.5. The van der Waals surface area contributed by atoms with Gasteiger partial charge in [0.2, 0.25) is 0 Å². The number of hydrogen-bond acceptors (Lipinski definition) is 4. The molecule has 0 unspecified atom stereocenters. The minimum absolute atomic E-state index is 0.166. The van der Waals surface area contributed by atoms with Crippen LogP contribution >= 0.6 is 0 Å². The number of aryl methyl sites for hydroxylation is 1. The second-order valence-corrected chi connectivity index (χ2v) is 8.51. The smallest absolute Gasteiger partial charge is 0.188 e. The molecular weight excluding hydrogens is 396 g/mol. The van der Waals surface area contributed by atoms with E-state index in [4.69, 9.17) is 0 Å². The molecular formula is C28H24N2O2. The van der Waals surface area contributed by atoms with E-state index in [0.717, 1.165) is 36.2 Å². The Balaban J connectivity index is 1.39. The Bertz CT molecular complexity index is 1270. The fraction of sp³-hybridized carbons (Fsp3) is 0.179. The summed E-state index contributed by atoms with van der Waals surface area (Å²) in [6.07, 6.45) is 6.58. The molecule has 4 nitrogen and oxygen atoms in total. The lowest BCUT2D eigenvalue weighted by Crippen LogP contribution is -2.17. The molecule has 32 heavy (non-hydrogen) atoms. The summed E-state index contributed by atoms with van der Waals surface area (Å²) in [7, 11) is 0. The van der Waals surface area contributed by atoms with Gasteiger partial charge >= 0.3 is 0 Å². The van der Waals surface area contributed by atoms with Crippen LogP contribution in [0.15, 0.2) is 90.3 Å². The largest absolute Gasteiger partial charge is 0.363 e. The SMILES string of the molecule is Cc1ccnc(C(=O)CC(=O)c2cc(Cc3ccccc3)cc(CN3CC=C4C=C43)c2)c1. The van der Waals surface area contributed by atoms with Crippen LogP contribution in [0, 0.1) is 6.92 Å². The van der Waals surface area contributed by atoms with E-state index in [-0.39, 0.29) is 18.0 Å². The summed E-state index contributed by atoms with van der Waals surface area (Å²) in [4.78, 5) is 32.2. The highest BCUT2D eigenvalue weighted by Gasteiger charge is 2.28. The zero-order chi connectivity index (χ0) is 22.1. The third-order valence-corrected chi connectivity index (χ3v) is 5.90. The summed E-state index contributed by atoms with van der Waals surface area (Å²) in [5.41, 5.74) is 7.88. The molecule has 5 rings (SSSR count). The number of aromatic nitrogens is 1. The van der Waals surface area contributed by atoms with Gasteiger partial charge < -0.3 is 4.90 Å². The number of fused-ring (bicyclic) bond motifs is 1. The number of ketones is 2. The lowest BCUT2D eigenvalue weighted by molar-refractivity contribution is 0.0891. The molecule has 3 aromatic rings. The molecule has 0 atom stereocenters. The number of carbonyl (C=O) groups is 2. The Kier molecular flexibility index (Phi) is 5.28. The van der Waals surface area contributed by atoms with Gasteiger partial charge in [0.15, 0.2) is 11.6 Å². The number of carbonyl (C=O) groups excluding carboxylic acids is 2. The molecule has 2 aliphatic rings. The highest BCUT2D eigenvalue weighted by atomic mass is 16.1. The molecule has 0 N–H and O–H groups in total. The Hall–Kier alpha value is -3.79. The molecule has 0 spiro atoms. The molecule has 0 radical (unpaired) electrons. The van der Waals surface area contributed by atoms with E-state index in [1.54, 1.807) is 12.3 Å². The van der Waals surface area contributed by atoms with Crippen molar-refractivity contribution >= 4 is 11.6 Å². The van der Waals surface area contributed by atoms with Crippen molar-refractivity contribution in [1.29, 1.82) is 0 Å². The number of nitrogens with zero attached hydrogens (tertiary/aromatic N) is 2. The number of pyridine rings is 1. The normalized spacial score (nSPS) is 14.0. The first-order valence-corrected chi connectivity index (χ1v) is 10.9. The Morgan fingerprint density at radius 1 is 0.938 bits per heavy atom. The second kappa shape index (κ2) is 8.39. The topological polar surface area (TPSA) is 50.3 Å². The van der Waals surface area contributed by atoms with Crippen molar-refractivity contribution in [2.75, 3.05) is 6.54 Å². The highest BCUT2D eigenvalue weighted by molar-refractivity contribution is 6.13. The molecule has 2 heterocycles. The van der Waals surface area contributed by atoms with Crippen molar-refractivity contribution in [2.24, 2.45) is 0 Å². The molecule has 4 heteroatoms. The Morgan fingerprint density at radius 3 is 2.47 bits per heavy atom. The molecule has 1 aliphatic carbocycles. The monoisotopic (exact) mass is 420 g/mol. The number of Topliss-reactive ketones (excluding diaryl/α,β-unsaturated/α-hetero) is 2. The van der Waals surface area contributed by atoms with Crippen LogP contribution in [0.4, 0.5) is 0 Å². The average molecular weight is 421 g/mol. The zero-order valence-electron chi connectivity index (χ0n) is 18.0. The molecule has 1 aromatic heterocycles. The molecule has 0 saturated heterocycles. The summed E-state index contributed by atoms with van der Waals surface area (Å²) in [5.74, 6) is -0.412. The Labute approximate surface area is 187 Å². The number of benzene rings is 2. The van der Waals surface area contributed by atoms with Crippen molar-refractivity contribution in [2.45, 2.75) is 26.3 Å². The van der Waals surface area contributed by atoms with Crippen molar-refractivity contribution < 1.29 is 9.59 Å². The van der Waals surface area contributed by atoms with Crippen LogP contribution in [0.5, 0.6) is 0 Å². The molecule has 1 aliphatic heterocycles. The van der Waals surface area contributed by atoms with E-state index in [1.165, 1.54) is 16.8 Å². The summed E-state index contributed by atoms with van der Waals surface area (Å²) in [5, 5.41) is 0. The molecule has 158 valence electrons. The van der Waals surface area contributed by atoms with Crippen LogP contribution in [0.25, 0.3) is 0 Å². The molecule has 0 fully saturated rings. The van der Waals surface area contributed by atoms with Gasteiger partial charge in [-0.2, -0.15) is 0 Å².